The number of unbranched alkanes of at least 4 members (excludes halogenated alkanes) is 2. The van der Waals surface area contributed by atoms with Crippen LogP contribution in [0.25, 0.3) is 11.3 Å². The van der Waals surface area contributed by atoms with Crippen LogP contribution in [0.1, 0.15) is 62.0 Å². The molecule has 1 aromatic carbocycles. The Kier molecular flexibility index (Phi) is 7.71. The quantitative estimate of drug-likeness (QED) is 0.589. The largest absolute Gasteiger partial charge is 0.396 e. The normalized spacial score (nSPS) is 19.1. The highest BCUT2D eigenvalue weighted by molar-refractivity contribution is 6.30. The molecule has 0 radical (unpaired) electrons. The van der Waals surface area contributed by atoms with E-state index in [2.05, 4.69) is 6.92 Å². The summed E-state index contributed by atoms with van der Waals surface area (Å²) in [7, 11) is 0. The topological polar surface area (TPSA) is 78.7 Å². The van der Waals surface area contributed by atoms with Crippen LogP contribution in [0.2, 0.25) is 5.02 Å². The van der Waals surface area contributed by atoms with Crippen LogP contribution in [0.3, 0.4) is 0 Å². The maximum Gasteiger partial charge on any atom is 0.272 e. The number of aliphatic hydroxyl groups is 1. The number of rotatable bonds is 8. The summed E-state index contributed by atoms with van der Waals surface area (Å²) in [5.41, 5.74) is 2.20. The molecule has 0 aliphatic carbocycles. The Morgan fingerprint density at radius 3 is 2.58 bits per heavy atom. The zero-order valence-electron chi connectivity index (χ0n) is 19.3. The predicted molar refractivity (Wildman–Crippen MR) is 128 cm³/mol. The molecule has 2 aliphatic heterocycles. The minimum Gasteiger partial charge on any atom is -0.396 e. The summed E-state index contributed by atoms with van der Waals surface area (Å²) in [6, 6.07) is 9.34. The van der Waals surface area contributed by atoms with Gasteiger partial charge in [0.15, 0.2) is 0 Å². The predicted octanol–water partition coefficient (Wildman–Crippen LogP) is 4.01. The standard InChI is InChI=1S/C25H33ClN4O3/c1-2-3-4-5-21-15-29(16-24(32)28-12-10-18(17-31)11-13-28)25(33)23-14-22(27-30(21)23)19-6-8-20(26)9-7-19/h6-9,14,18,21,31H,2-5,10-13,15-17H2,1H3. The van der Waals surface area contributed by atoms with Gasteiger partial charge >= 0.3 is 0 Å². The summed E-state index contributed by atoms with van der Waals surface area (Å²) >= 11 is 6.03. The van der Waals surface area contributed by atoms with Gasteiger partial charge in [-0.15, -0.1) is 0 Å². The van der Waals surface area contributed by atoms with Crippen molar-refractivity contribution in [2.24, 2.45) is 5.92 Å². The summed E-state index contributed by atoms with van der Waals surface area (Å²) < 4.78 is 1.87. The second-order valence-electron chi connectivity index (χ2n) is 9.21. The average Bonchev–Trinajstić information content (AvgIpc) is 3.28. The molecule has 7 nitrogen and oxygen atoms in total. The zero-order chi connectivity index (χ0) is 23.4. The fourth-order valence-electron chi connectivity index (χ4n) is 4.78. The van der Waals surface area contributed by atoms with E-state index < -0.39 is 0 Å². The molecular weight excluding hydrogens is 440 g/mol. The first-order valence-electron chi connectivity index (χ1n) is 12.0. The highest BCUT2D eigenvalue weighted by Gasteiger charge is 2.35. The van der Waals surface area contributed by atoms with Gasteiger partial charge in [0.25, 0.3) is 5.91 Å². The zero-order valence-corrected chi connectivity index (χ0v) is 20.0. The van der Waals surface area contributed by atoms with E-state index in [1.165, 1.54) is 0 Å². The number of fused-ring (bicyclic) bond motifs is 1. The van der Waals surface area contributed by atoms with Crippen molar-refractivity contribution in [1.29, 1.82) is 0 Å². The van der Waals surface area contributed by atoms with Crippen molar-refractivity contribution in [3.63, 3.8) is 0 Å². The minimum absolute atomic E-state index is 0.0158. The number of hydrogen-bond donors (Lipinski definition) is 1. The molecule has 1 aromatic heterocycles. The number of carbonyl (C=O) groups is 2. The number of aromatic nitrogens is 2. The summed E-state index contributed by atoms with van der Waals surface area (Å²) in [6.07, 6.45) is 5.85. The van der Waals surface area contributed by atoms with E-state index in [9.17, 15) is 14.7 Å². The Bertz CT molecular complexity index is 967. The third-order valence-corrected chi connectivity index (χ3v) is 7.10. The second kappa shape index (κ2) is 10.7. The van der Waals surface area contributed by atoms with Crippen molar-refractivity contribution in [2.45, 2.75) is 51.5 Å². The van der Waals surface area contributed by atoms with Crippen molar-refractivity contribution >= 4 is 23.4 Å². The van der Waals surface area contributed by atoms with Gasteiger partial charge in [0.2, 0.25) is 5.91 Å². The van der Waals surface area contributed by atoms with Gasteiger partial charge in [-0.05, 0) is 43.4 Å². The number of carbonyl (C=O) groups excluding carboxylic acids is 2. The molecule has 0 spiro atoms. The number of benzene rings is 1. The van der Waals surface area contributed by atoms with Crippen molar-refractivity contribution in [3.8, 4) is 11.3 Å². The second-order valence-corrected chi connectivity index (χ2v) is 9.64. The Hall–Kier alpha value is -2.38. The van der Waals surface area contributed by atoms with Gasteiger partial charge in [-0.3, -0.25) is 14.3 Å². The van der Waals surface area contributed by atoms with Gasteiger partial charge < -0.3 is 14.9 Å². The first-order valence-corrected chi connectivity index (χ1v) is 12.4. The monoisotopic (exact) mass is 472 g/mol. The molecule has 1 N–H and O–H groups in total. The maximum atomic E-state index is 13.3. The van der Waals surface area contributed by atoms with Crippen LogP contribution in [0, 0.1) is 5.92 Å². The summed E-state index contributed by atoms with van der Waals surface area (Å²) in [4.78, 5) is 29.9. The van der Waals surface area contributed by atoms with E-state index in [0.29, 0.717) is 30.4 Å². The average molecular weight is 473 g/mol. The third kappa shape index (κ3) is 5.41. The lowest BCUT2D eigenvalue weighted by atomic mass is 9.98. The summed E-state index contributed by atoms with van der Waals surface area (Å²) in [5, 5.41) is 14.8. The minimum atomic E-state index is -0.145. The summed E-state index contributed by atoms with van der Waals surface area (Å²) in [5.74, 6) is 0.111. The van der Waals surface area contributed by atoms with Crippen molar-refractivity contribution in [1.82, 2.24) is 19.6 Å². The van der Waals surface area contributed by atoms with Gasteiger partial charge in [-0.1, -0.05) is 49.9 Å². The molecule has 1 saturated heterocycles. The van der Waals surface area contributed by atoms with E-state index in [4.69, 9.17) is 16.7 Å². The molecule has 1 atom stereocenters. The van der Waals surface area contributed by atoms with Gasteiger partial charge in [-0.25, -0.2) is 0 Å². The number of likely N-dealkylation sites (tertiary alicyclic amines) is 1. The molecule has 1 unspecified atom stereocenters. The van der Waals surface area contributed by atoms with E-state index in [-0.39, 0.29) is 36.9 Å². The molecule has 0 saturated carbocycles. The first kappa shape index (κ1) is 23.8. The Morgan fingerprint density at radius 1 is 1.18 bits per heavy atom. The summed E-state index contributed by atoms with van der Waals surface area (Å²) in [6.45, 7) is 4.22. The fraction of sp³-hybridized carbons (Fsp3) is 0.560. The highest BCUT2D eigenvalue weighted by atomic mass is 35.5. The van der Waals surface area contributed by atoms with Gasteiger partial charge in [0.1, 0.15) is 12.2 Å². The number of halogens is 1. The molecule has 2 aromatic rings. The smallest absolute Gasteiger partial charge is 0.272 e. The molecule has 0 bridgehead atoms. The molecule has 2 aliphatic rings. The first-order chi connectivity index (χ1) is 16.0. The number of nitrogens with zero attached hydrogens (tertiary/aromatic N) is 4. The molecule has 178 valence electrons. The van der Waals surface area contributed by atoms with Gasteiger partial charge in [0, 0.05) is 36.8 Å². The van der Waals surface area contributed by atoms with Crippen LogP contribution in [0.5, 0.6) is 0 Å². The van der Waals surface area contributed by atoms with Crippen LogP contribution >= 0.6 is 11.6 Å². The van der Waals surface area contributed by atoms with E-state index in [0.717, 1.165) is 49.8 Å². The van der Waals surface area contributed by atoms with Gasteiger partial charge in [0.05, 0.1) is 11.7 Å². The molecule has 8 heteroatoms. The van der Waals surface area contributed by atoms with Crippen LogP contribution in [-0.2, 0) is 4.79 Å². The lowest BCUT2D eigenvalue weighted by Crippen LogP contribution is -2.50. The van der Waals surface area contributed by atoms with Crippen LogP contribution in [-0.4, -0.2) is 69.3 Å². The molecular formula is C25H33ClN4O3. The lowest BCUT2D eigenvalue weighted by molar-refractivity contribution is -0.133. The van der Waals surface area contributed by atoms with Crippen LogP contribution in [0.15, 0.2) is 30.3 Å². The number of amides is 2. The van der Waals surface area contributed by atoms with Crippen molar-refractivity contribution in [2.75, 3.05) is 32.8 Å². The van der Waals surface area contributed by atoms with E-state index in [1.807, 2.05) is 39.9 Å². The number of aliphatic hydroxyl groups excluding tert-OH is 1. The number of piperidine rings is 1. The Morgan fingerprint density at radius 2 is 1.91 bits per heavy atom. The Labute approximate surface area is 200 Å². The number of hydrogen-bond acceptors (Lipinski definition) is 4. The van der Waals surface area contributed by atoms with Crippen molar-refractivity contribution in [3.05, 3.63) is 41.0 Å². The molecule has 33 heavy (non-hydrogen) atoms. The highest BCUT2D eigenvalue weighted by Crippen LogP contribution is 2.30. The van der Waals surface area contributed by atoms with Crippen LogP contribution < -0.4 is 0 Å². The van der Waals surface area contributed by atoms with Gasteiger partial charge in [-0.2, -0.15) is 5.10 Å². The SMILES string of the molecule is CCCCCC1CN(CC(=O)N2CCC(CO)CC2)C(=O)c2cc(-c3ccc(Cl)cc3)nn21. The molecule has 1 fully saturated rings. The molecule has 3 heterocycles. The molecule has 4 rings (SSSR count). The Balaban J connectivity index is 1.53. The van der Waals surface area contributed by atoms with Crippen molar-refractivity contribution < 1.29 is 14.7 Å². The third-order valence-electron chi connectivity index (χ3n) is 6.85. The maximum absolute atomic E-state index is 13.3. The van der Waals surface area contributed by atoms with Crippen LogP contribution in [0.4, 0.5) is 0 Å². The van der Waals surface area contributed by atoms with E-state index >= 15 is 0 Å². The lowest BCUT2D eigenvalue weighted by Gasteiger charge is -2.36. The fourth-order valence-corrected chi connectivity index (χ4v) is 4.90. The van der Waals surface area contributed by atoms with E-state index in [1.54, 1.807) is 4.90 Å². The molecule has 2 amide bonds.